The highest BCUT2D eigenvalue weighted by molar-refractivity contribution is 5.76. The van der Waals surface area contributed by atoms with Gasteiger partial charge in [0.1, 0.15) is 24.4 Å². The molecule has 0 aromatic carbocycles. The average Bonchev–Trinajstić information content (AvgIpc) is 0.831. The van der Waals surface area contributed by atoms with Crippen LogP contribution >= 0.6 is 0 Å². The van der Waals surface area contributed by atoms with Gasteiger partial charge in [0.05, 0.1) is 25.4 Å². The summed E-state index contributed by atoms with van der Waals surface area (Å²) in [4.78, 5) is 13.2. The molecular formula is C85H155NO8. The van der Waals surface area contributed by atoms with Gasteiger partial charge in [0.15, 0.2) is 6.29 Å². The number of hydrogen-bond acceptors (Lipinski definition) is 8. The molecule has 94 heavy (non-hydrogen) atoms. The predicted molar refractivity (Wildman–Crippen MR) is 405 cm³/mol. The van der Waals surface area contributed by atoms with Crippen molar-refractivity contribution in [3.05, 3.63) is 85.1 Å². The third kappa shape index (κ3) is 60.5. The molecule has 1 aliphatic rings. The summed E-state index contributed by atoms with van der Waals surface area (Å²) >= 11 is 0. The first-order valence-corrected chi connectivity index (χ1v) is 40.8. The first-order valence-electron chi connectivity index (χ1n) is 40.8. The van der Waals surface area contributed by atoms with Crippen molar-refractivity contribution in [3.8, 4) is 0 Å². The minimum atomic E-state index is -1.58. The summed E-state index contributed by atoms with van der Waals surface area (Å²) < 4.78 is 11.3. The van der Waals surface area contributed by atoms with E-state index >= 15 is 0 Å². The van der Waals surface area contributed by atoms with E-state index < -0.39 is 49.5 Å². The number of carbonyl (C=O) groups is 1. The van der Waals surface area contributed by atoms with Gasteiger partial charge in [-0.25, -0.2) is 0 Å². The quantitative estimate of drug-likeness (QED) is 0.0261. The molecular weight excluding hydrogens is 1160 g/mol. The van der Waals surface area contributed by atoms with Crippen molar-refractivity contribution < 1.29 is 39.8 Å². The van der Waals surface area contributed by atoms with Gasteiger partial charge in [0.2, 0.25) is 5.91 Å². The Morgan fingerprint density at radius 2 is 0.670 bits per heavy atom. The summed E-state index contributed by atoms with van der Waals surface area (Å²) in [5.41, 5.74) is 0. The largest absolute Gasteiger partial charge is 0.394 e. The van der Waals surface area contributed by atoms with E-state index in [0.717, 1.165) is 70.6 Å². The van der Waals surface area contributed by atoms with Crippen molar-refractivity contribution in [3.63, 3.8) is 0 Å². The normalized spacial score (nSPS) is 18.0. The van der Waals surface area contributed by atoms with Gasteiger partial charge in [-0.3, -0.25) is 4.79 Å². The molecule has 0 saturated carbocycles. The Morgan fingerprint density at radius 3 is 1.02 bits per heavy atom. The molecule has 0 radical (unpaired) electrons. The Hall–Kier alpha value is -2.63. The van der Waals surface area contributed by atoms with E-state index in [0.29, 0.717) is 6.42 Å². The number of rotatable bonds is 72. The molecule has 7 unspecified atom stereocenters. The smallest absolute Gasteiger partial charge is 0.220 e. The molecule has 1 aliphatic heterocycles. The Kier molecular flexibility index (Phi) is 69.5. The van der Waals surface area contributed by atoms with E-state index in [1.165, 1.54) is 302 Å². The SMILES string of the molecule is CC/C=C\C/C=C\C/C=C\C/C=C\CCCCCCCCCCCCCCCCCCCCCCCCCCCCCCC(=O)NC(COC1OC(CO)C(O)C(O)C1O)C(O)/C=C/CC/C=C/CC/C=C/CCCCCCCCCCCCCCCCCCCCCC. The molecule has 1 saturated heterocycles. The third-order valence-corrected chi connectivity index (χ3v) is 19.2. The number of hydrogen-bond donors (Lipinski definition) is 6. The van der Waals surface area contributed by atoms with Crippen LogP contribution in [0, 0.1) is 0 Å². The number of allylic oxidation sites excluding steroid dienone is 13. The van der Waals surface area contributed by atoms with Gasteiger partial charge in [0.25, 0.3) is 0 Å². The monoisotopic (exact) mass is 1320 g/mol. The molecule has 0 spiro atoms. The first-order chi connectivity index (χ1) is 46.3. The molecule has 0 aromatic rings. The van der Waals surface area contributed by atoms with E-state index in [2.05, 4.69) is 92.1 Å². The van der Waals surface area contributed by atoms with Crippen LogP contribution in [0.3, 0.4) is 0 Å². The van der Waals surface area contributed by atoms with Crippen molar-refractivity contribution in [2.75, 3.05) is 13.2 Å². The first kappa shape index (κ1) is 89.4. The topological polar surface area (TPSA) is 149 Å². The summed E-state index contributed by atoms with van der Waals surface area (Å²) in [5.74, 6) is -0.184. The van der Waals surface area contributed by atoms with Crippen LogP contribution in [0.15, 0.2) is 85.1 Å². The average molecular weight is 1320 g/mol. The van der Waals surface area contributed by atoms with E-state index in [9.17, 15) is 30.3 Å². The van der Waals surface area contributed by atoms with E-state index in [1.807, 2.05) is 6.08 Å². The van der Waals surface area contributed by atoms with Gasteiger partial charge in [-0.2, -0.15) is 0 Å². The fourth-order valence-corrected chi connectivity index (χ4v) is 12.9. The van der Waals surface area contributed by atoms with Crippen LogP contribution in [0.4, 0.5) is 0 Å². The number of aliphatic hydroxyl groups is 5. The molecule has 9 heteroatoms. The second-order valence-electron chi connectivity index (χ2n) is 28.2. The molecule has 548 valence electrons. The van der Waals surface area contributed by atoms with Crippen molar-refractivity contribution >= 4 is 5.91 Å². The highest BCUT2D eigenvalue weighted by Crippen LogP contribution is 2.24. The van der Waals surface area contributed by atoms with Crippen LogP contribution in [0.5, 0.6) is 0 Å². The van der Waals surface area contributed by atoms with Crippen LogP contribution in [0.2, 0.25) is 0 Å². The van der Waals surface area contributed by atoms with Gasteiger partial charge in [0, 0.05) is 6.42 Å². The van der Waals surface area contributed by atoms with Gasteiger partial charge in [-0.1, -0.05) is 388 Å². The maximum Gasteiger partial charge on any atom is 0.220 e. The predicted octanol–water partition coefficient (Wildman–Crippen LogP) is 23.6. The molecule has 0 bridgehead atoms. The van der Waals surface area contributed by atoms with E-state index in [4.69, 9.17) is 9.47 Å². The lowest BCUT2D eigenvalue weighted by atomic mass is 9.99. The number of carbonyl (C=O) groups excluding carboxylic acids is 1. The Labute approximate surface area is 581 Å². The number of aliphatic hydroxyl groups excluding tert-OH is 5. The third-order valence-electron chi connectivity index (χ3n) is 19.2. The number of ether oxygens (including phenoxy) is 2. The minimum Gasteiger partial charge on any atom is -0.394 e. The van der Waals surface area contributed by atoms with Crippen molar-refractivity contribution in [1.82, 2.24) is 5.32 Å². The molecule has 1 heterocycles. The summed E-state index contributed by atoms with van der Waals surface area (Å²) in [7, 11) is 0. The van der Waals surface area contributed by atoms with Gasteiger partial charge in [-0.05, 0) is 83.5 Å². The molecule has 6 N–H and O–H groups in total. The Morgan fingerprint density at radius 1 is 0.372 bits per heavy atom. The molecule has 1 amide bonds. The van der Waals surface area contributed by atoms with Crippen LogP contribution in [0.1, 0.15) is 393 Å². The summed E-state index contributed by atoms with van der Waals surface area (Å²) in [6.07, 6.45) is 98.9. The van der Waals surface area contributed by atoms with Gasteiger partial charge in [-0.15, -0.1) is 0 Å². The van der Waals surface area contributed by atoms with Gasteiger partial charge >= 0.3 is 0 Å². The highest BCUT2D eigenvalue weighted by atomic mass is 16.7. The number of unbranched alkanes of at least 4 members (excludes halogenated alkanes) is 50. The Balaban J connectivity index is 2.06. The maximum atomic E-state index is 13.2. The molecule has 1 rings (SSSR count). The zero-order chi connectivity index (χ0) is 67.8. The molecule has 7 atom stereocenters. The van der Waals surface area contributed by atoms with Crippen LogP contribution < -0.4 is 5.32 Å². The van der Waals surface area contributed by atoms with Gasteiger partial charge < -0.3 is 40.3 Å². The second kappa shape index (κ2) is 73.1. The van der Waals surface area contributed by atoms with Crippen LogP contribution in [-0.4, -0.2) is 87.5 Å². The standard InChI is InChI=1S/C85H155NO8/c1-3-5-7-9-11-13-15-17-19-21-23-25-27-29-31-33-35-36-37-38-39-40-41-42-43-44-45-47-49-51-53-55-57-59-61-63-65-67-69-71-73-75-81(89)86-78(77-93-85-84(92)83(91)82(90)80(76-87)94-85)79(88)74-72-70-68-66-64-62-60-58-56-54-52-50-48-46-34-32-30-28-26-24-22-20-18-16-14-12-10-8-6-4-2/h5,7,11,13,17,19,23,25,56,58,64,66,72,74,78-80,82-85,87-88,90-92H,3-4,6,8-10,12,14-16,18,20-22,24,26-55,57,59-63,65,67-71,73,75-77H2,1-2H3,(H,86,89)/b7-5-,13-11-,19-17-,25-23-,58-56+,66-64+,74-72+. The van der Waals surface area contributed by atoms with Crippen molar-refractivity contribution in [2.24, 2.45) is 0 Å². The Bertz CT molecular complexity index is 1770. The summed E-state index contributed by atoms with van der Waals surface area (Å²) in [5, 5.41) is 54.9. The molecule has 1 fully saturated rings. The molecule has 0 aromatic heterocycles. The fourth-order valence-electron chi connectivity index (χ4n) is 12.9. The van der Waals surface area contributed by atoms with Crippen molar-refractivity contribution in [2.45, 2.75) is 436 Å². The summed E-state index contributed by atoms with van der Waals surface area (Å²) in [6, 6.07) is -0.832. The zero-order valence-corrected chi connectivity index (χ0v) is 61.7. The lowest BCUT2D eigenvalue weighted by molar-refractivity contribution is -0.302. The fraction of sp³-hybridized carbons (Fsp3) is 0.824. The highest BCUT2D eigenvalue weighted by Gasteiger charge is 2.44. The second-order valence-corrected chi connectivity index (χ2v) is 28.2. The van der Waals surface area contributed by atoms with E-state index in [1.54, 1.807) is 6.08 Å². The van der Waals surface area contributed by atoms with Crippen LogP contribution in [0.25, 0.3) is 0 Å². The summed E-state index contributed by atoms with van der Waals surface area (Å²) in [6.45, 7) is 3.70. The van der Waals surface area contributed by atoms with Crippen molar-refractivity contribution in [1.29, 1.82) is 0 Å². The molecule has 9 nitrogen and oxygen atoms in total. The molecule has 0 aliphatic carbocycles. The van der Waals surface area contributed by atoms with E-state index in [-0.39, 0.29) is 12.5 Å². The lowest BCUT2D eigenvalue weighted by Gasteiger charge is -2.40. The number of amides is 1. The zero-order valence-electron chi connectivity index (χ0n) is 61.7. The maximum absolute atomic E-state index is 13.2. The minimum absolute atomic E-state index is 0.184. The van der Waals surface area contributed by atoms with Crippen LogP contribution in [-0.2, 0) is 14.3 Å². The number of nitrogens with one attached hydrogen (secondary N) is 1. The lowest BCUT2D eigenvalue weighted by Crippen LogP contribution is -2.60.